The van der Waals surface area contributed by atoms with E-state index in [1.54, 1.807) is 12.1 Å². The van der Waals surface area contributed by atoms with E-state index in [1.807, 2.05) is 0 Å². The molecule has 0 aliphatic heterocycles. The fraction of sp³-hybridized carbons (Fsp3) is 0. The predicted molar refractivity (Wildman–Crippen MR) is 67.4 cm³/mol. The molecule has 0 aromatic heterocycles. The number of halogens is 1. The van der Waals surface area contributed by atoms with Crippen LogP contribution in [0.4, 0.5) is 4.39 Å². The molecular formula is C15H9FO3. The van der Waals surface area contributed by atoms with E-state index in [4.69, 9.17) is 10.2 Å². The summed E-state index contributed by atoms with van der Waals surface area (Å²) >= 11 is 0. The molecule has 0 fully saturated rings. The number of hydrogen-bond acceptors (Lipinski definition) is 2. The molecule has 2 aromatic rings. The zero-order valence-corrected chi connectivity index (χ0v) is 9.72. The lowest BCUT2D eigenvalue weighted by atomic mass is 10.1. The van der Waals surface area contributed by atoms with Crippen molar-refractivity contribution in [3.8, 4) is 17.6 Å². The Morgan fingerprint density at radius 3 is 2.32 bits per heavy atom. The Bertz CT molecular complexity index is 679. The van der Waals surface area contributed by atoms with Crippen molar-refractivity contribution >= 4 is 5.97 Å². The zero-order chi connectivity index (χ0) is 13.8. The first-order valence-electron chi connectivity index (χ1n) is 5.40. The number of aromatic hydroxyl groups is 1. The van der Waals surface area contributed by atoms with E-state index in [2.05, 4.69) is 11.8 Å². The number of benzene rings is 2. The third-order valence-corrected chi connectivity index (χ3v) is 2.42. The minimum Gasteiger partial charge on any atom is -0.508 e. The first kappa shape index (κ1) is 12.7. The fourth-order valence-corrected chi connectivity index (χ4v) is 1.43. The molecule has 0 radical (unpaired) electrons. The monoisotopic (exact) mass is 256 g/mol. The summed E-state index contributed by atoms with van der Waals surface area (Å²) < 4.78 is 13.6. The first-order valence-corrected chi connectivity index (χ1v) is 5.40. The molecule has 0 spiro atoms. The Kier molecular flexibility index (Phi) is 3.48. The Morgan fingerprint density at radius 1 is 1.05 bits per heavy atom. The molecule has 0 saturated heterocycles. The molecule has 2 rings (SSSR count). The van der Waals surface area contributed by atoms with Crippen molar-refractivity contribution in [3.05, 3.63) is 65.0 Å². The van der Waals surface area contributed by atoms with E-state index >= 15 is 0 Å². The maximum absolute atomic E-state index is 13.6. The maximum atomic E-state index is 13.6. The Hall–Kier alpha value is -2.80. The number of carboxylic acids is 1. The quantitative estimate of drug-likeness (QED) is 0.771. The van der Waals surface area contributed by atoms with Crippen molar-refractivity contribution in [1.82, 2.24) is 0 Å². The average Bonchev–Trinajstić information content (AvgIpc) is 2.39. The van der Waals surface area contributed by atoms with Gasteiger partial charge in [-0.2, -0.15) is 0 Å². The predicted octanol–water partition coefficient (Wildman–Crippen LogP) is 2.63. The van der Waals surface area contributed by atoms with Gasteiger partial charge in [-0.3, -0.25) is 0 Å². The number of rotatable bonds is 1. The van der Waals surface area contributed by atoms with E-state index in [1.165, 1.54) is 24.3 Å². The van der Waals surface area contributed by atoms with Crippen LogP contribution in [0.5, 0.6) is 5.75 Å². The summed E-state index contributed by atoms with van der Waals surface area (Å²) in [7, 11) is 0. The van der Waals surface area contributed by atoms with Gasteiger partial charge in [0.15, 0.2) is 0 Å². The molecule has 94 valence electrons. The Balaban J connectivity index is 2.29. The van der Waals surface area contributed by atoms with Gasteiger partial charge in [-0.15, -0.1) is 0 Å². The van der Waals surface area contributed by atoms with Crippen LogP contribution in [0.15, 0.2) is 42.5 Å². The SMILES string of the molecule is O=C(O)c1ccc(C#Cc2ccc(O)cc2)c(F)c1. The highest BCUT2D eigenvalue weighted by atomic mass is 19.1. The second-order valence-electron chi connectivity index (χ2n) is 3.80. The lowest BCUT2D eigenvalue weighted by Crippen LogP contribution is -1.97. The molecule has 0 aliphatic carbocycles. The molecule has 3 nitrogen and oxygen atoms in total. The molecule has 0 amide bonds. The van der Waals surface area contributed by atoms with Crippen LogP contribution in [0.3, 0.4) is 0 Å². The third-order valence-electron chi connectivity index (χ3n) is 2.42. The van der Waals surface area contributed by atoms with Crippen LogP contribution in [0.1, 0.15) is 21.5 Å². The maximum Gasteiger partial charge on any atom is 0.335 e. The fourth-order valence-electron chi connectivity index (χ4n) is 1.43. The molecule has 2 aromatic carbocycles. The summed E-state index contributed by atoms with van der Waals surface area (Å²) in [6.07, 6.45) is 0. The summed E-state index contributed by atoms with van der Waals surface area (Å²) in [6, 6.07) is 9.72. The second-order valence-corrected chi connectivity index (χ2v) is 3.80. The van der Waals surface area contributed by atoms with Crippen LogP contribution in [0.25, 0.3) is 0 Å². The average molecular weight is 256 g/mol. The van der Waals surface area contributed by atoms with Crippen LogP contribution in [-0.2, 0) is 0 Å². The molecule has 4 heteroatoms. The molecule has 19 heavy (non-hydrogen) atoms. The summed E-state index contributed by atoms with van der Waals surface area (Å²) in [5, 5.41) is 17.8. The third kappa shape index (κ3) is 3.11. The Morgan fingerprint density at radius 2 is 1.74 bits per heavy atom. The number of hydrogen-bond donors (Lipinski definition) is 2. The number of phenols is 1. The van der Waals surface area contributed by atoms with Crippen LogP contribution in [0, 0.1) is 17.7 Å². The first-order chi connectivity index (χ1) is 9.06. The lowest BCUT2D eigenvalue weighted by molar-refractivity contribution is 0.0696. The second kappa shape index (κ2) is 5.23. The normalized spacial score (nSPS) is 9.53. The number of phenolic OH excluding ortho intramolecular Hbond substituents is 1. The van der Waals surface area contributed by atoms with Crippen LogP contribution in [0.2, 0.25) is 0 Å². The Labute approximate surface area is 108 Å². The van der Waals surface area contributed by atoms with Crippen molar-refractivity contribution in [2.24, 2.45) is 0 Å². The van der Waals surface area contributed by atoms with Crippen molar-refractivity contribution in [2.75, 3.05) is 0 Å². The van der Waals surface area contributed by atoms with Gasteiger partial charge in [0.2, 0.25) is 0 Å². The van der Waals surface area contributed by atoms with Gasteiger partial charge >= 0.3 is 5.97 Å². The summed E-state index contributed by atoms with van der Waals surface area (Å²) in [6.45, 7) is 0. The highest BCUT2D eigenvalue weighted by Crippen LogP contribution is 2.11. The van der Waals surface area contributed by atoms with Crippen molar-refractivity contribution in [1.29, 1.82) is 0 Å². The summed E-state index contributed by atoms with van der Waals surface area (Å²) in [4.78, 5) is 10.6. The van der Waals surface area contributed by atoms with Gasteiger partial charge in [0.25, 0.3) is 0 Å². The van der Waals surface area contributed by atoms with E-state index in [9.17, 15) is 9.18 Å². The smallest absolute Gasteiger partial charge is 0.335 e. The van der Waals surface area contributed by atoms with Gasteiger partial charge in [-0.05, 0) is 42.5 Å². The number of aromatic carboxylic acids is 1. The minimum absolute atomic E-state index is 0.118. The standard InChI is InChI=1S/C15H9FO3/c16-14-9-12(15(18)19)6-5-11(14)4-1-10-2-7-13(17)8-3-10/h2-3,5-9,17H,(H,18,19). The zero-order valence-electron chi connectivity index (χ0n) is 9.72. The minimum atomic E-state index is -1.18. The largest absolute Gasteiger partial charge is 0.508 e. The molecule has 2 N–H and O–H groups in total. The van der Waals surface area contributed by atoms with E-state index in [-0.39, 0.29) is 16.9 Å². The van der Waals surface area contributed by atoms with Gasteiger partial charge in [-0.1, -0.05) is 11.8 Å². The van der Waals surface area contributed by atoms with Crippen LogP contribution in [-0.4, -0.2) is 16.2 Å². The molecule has 0 unspecified atom stereocenters. The summed E-state index contributed by atoms with van der Waals surface area (Å²) in [5.41, 5.74) is 0.630. The van der Waals surface area contributed by atoms with Crippen LogP contribution >= 0.6 is 0 Å². The highest BCUT2D eigenvalue weighted by Gasteiger charge is 2.06. The van der Waals surface area contributed by atoms with Gasteiger partial charge in [0.05, 0.1) is 11.1 Å². The van der Waals surface area contributed by atoms with Gasteiger partial charge in [-0.25, -0.2) is 9.18 Å². The number of carboxylic acid groups (broad SMARTS) is 1. The molecule has 0 saturated carbocycles. The van der Waals surface area contributed by atoms with Crippen LogP contribution < -0.4 is 0 Å². The lowest BCUT2D eigenvalue weighted by Gasteiger charge is -1.97. The molecule has 0 aliphatic rings. The van der Waals surface area contributed by atoms with Crippen molar-refractivity contribution in [2.45, 2.75) is 0 Å². The van der Waals surface area contributed by atoms with E-state index < -0.39 is 11.8 Å². The number of carbonyl (C=O) groups is 1. The molecular weight excluding hydrogens is 247 g/mol. The van der Waals surface area contributed by atoms with Gasteiger partial charge < -0.3 is 10.2 Å². The highest BCUT2D eigenvalue weighted by molar-refractivity contribution is 5.87. The van der Waals surface area contributed by atoms with E-state index in [0.29, 0.717) is 5.56 Å². The van der Waals surface area contributed by atoms with Gasteiger partial charge in [0.1, 0.15) is 11.6 Å². The van der Waals surface area contributed by atoms with E-state index in [0.717, 1.165) is 6.07 Å². The van der Waals surface area contributed by atoms with Gasteiger partial charge in [0, 0.05) is 5.56 Å². The summed E-state index contributed by atoms with van der Waals surface area (Å²) in [5.74, 6) is 3.61. The molecule has 0 bridgehead atoms. The molecule has 0 atom stereocenters. The molecule has 0 heterocycles. The van der Waals surface area contributed by atoms with Crippen molar-refractivity contribution < 1.29 is 19.4 Å². The topological polar surface area (TPSA) is 57.5 Å². The van der Waals surface area contributed by atoms with Crippen molar-refractivity contribution in [3.63, 3.8) is 0 Å².